The molecule has 0 radical (unpaired) electrons. The molecule has 0 unspecified atom stereocenters. The van der Waals surface area contributed by atoms with Gasteiger partial charge in [-0.15, -0.1) is 0 Å². The summed E-state index contributed by atoms with van der Waals surface area (Å²) in [6.07, 6.45) is 0. The van der Waals surface area contributed by atoms with Gasteiger partial charge in [-0.1, -0.05) is 41.9 Å². The molecule has 2 aromatic carbocycles. The summed E-state index contributed by atoms with van der Waals surface area (Å²) in [5.41, 5.74) is 1.89. The first-order chi connectivity index (χ1) is 9.38. The van der Waals surface area contributed by atoms with Crippen LogP contribution in [0.1, 0.15) is 30.5 Å². The summed E-state index contributed by atoms with van der Waals surface area (Å²) in [6, 6.07) is 13.6. The lowest BCUT2D eigenvalue weighted by atomic mass is 9.96. The highest BCUT2D eigenvalue weighted by atomic mass is 35.5. The van der Waals surface area contributed by atoms with Crippen molar-refractivity contribution in [3.8, 4) is 5.75 Å². The van der Waals surface area contributed by atoms with Crippen molar-refractivity contribution in [2.24, 2.45) is 0 Å². The Balaban J connectivity index is 2.21. The molecule has 0 saturated heterocycles. The van der Waals surface area contributed by atoms with Crippen molar-refractivity contribution in [2.75, 3.05) is 0 Å². The van der Waals surface area contributed by atoms with Crippen molar-refractivity contribution in [1.82, 2.24) is 0 Å². The predicted octanol–water partition coefficient (Wildman–Crippen LogP) is 4.45. The molecule has 0 aliphatic rings. The number of rotatable bonds is 4. The van der Waals surface area contributed by atoms with E-state index in [1.165, 1.54) is 0 Å². The molecule has 0 spiro atoms. The Kier molecular flexibility index (Phi) is 4.36. The van der Waals surface area contributed by atoms with E-state index in [9.17, 15) is 5.11 Å². The van der Waals surface area contributed by atoms with Gasteiger partial charge in [0.05, 0.1) is 10.6 Å². The van der Waals surface area contributed by atoms with Gasteiger partial charge in [-0.3, -0.25) is 0 Å². The van der Waals surface area contributed by atoms with Gasteiger partial charge in [0.25, 0.3) is 0 Å². The van der Waals surface area contributed by atoms with Gasteiger partial charge in [-0.2, -0.15) is 0 Å². The maximum absolute atomic E-state index is 10.0. The second-order valence-electron chi connectivity index (χ2n) is 5.44. The van der Waals surface area contributed by atoms with Crippen molar-refractivity contribution < 1.29 is 9.84 Å². The summed E-state index contributed by atoms with van der Waals surface area (Å²) in [5, 5.41) is 10.6. The summed E-state index contributed by atoms with van der Waals surface area (Å²) in [7, 11) is 0. The maximum Gasteiger partial charge on any atom is 0.141 e. The molecular formula is C17H19ClO2. The number of hydrogen-bond acceptors (Lipinski definition) is 2. The van der Waals surface area contributed by atoms with Gasteiger partial charge in [0.1, 0.15) is 12.4 Å². The van der Waals surface area contributed by atoms with Gasteiger partial charge in [0, 0.05) is 0 Å². The molecule has 0 atom stereocenters. The van der Waals surface area contributed by atoms with Gasteiger partial charge in [-0.05, 0) is 49.6 Å². The van der Waals surface area contributed by atoms with E-state index < -0.39 is 5.60 Å². The van der Waals surface area contributed by atoms with Crippen LogP contribution in [-0.2, 0) is 12.2 Å². The fraction of sp³-hybridized carbons (Fsp3) is 0.294. The van der Waals surface area contributed by atoms with E-state index in [4.69, 9.17) is 16.3 Å². The molecule has 2 aromatic rings. The highest BCUT2D eigenvalue weighted by Crippen LogP contribution is 2.34. The minimum atomic E-state index is -0.910. The van der Waals surface area contributed by atoms with Crippen LogP contribution >= 0.6 is 11.6 Å². The molecule has 2 rings (SSSR count). The summed E-state index contributed by atoms with van der Waals surface area (Å²) in [5.74, 6) is 0.670. The van der Waals surface area contributed by atoms with E-state index >= 15 is 0 Å². The third-order valence-corrected chi connectivity index (χ3v) is 3.44. The third kappa shape index (κ3) is 3.53. The zero-order chi connectivity index (χ0) is 14.8. The molecular weight excluding hydrogens is 272 g/mol. The number of benzene rings is 2. The monoisotopic (exact) mass is 290 g/mol. The van der Waals surface area contributed by atoms with E-state index in [0.29, 0.717) is 17.4 Å². The van der Waals surface area contributed by atoms with E-state index in [1.807, 2.05) is 43.3 Å². The van der Waals surface area contributed by atoms with Crippen molar-refractivity contribution in [1.29, 1.82) is 0 Å². The highest BCUT2D eigenvalue weighted by molar-refractivity contribution is 6.32. The molecule has 0 fully saturated rings. The largest absolute Gasteiger partial charge is 0.487 e. The molecule has 0 heterocycles. The normalized spacial score (nSPS) is 11.4. The number of halogens is 1. The van der Waals surface area contributed by atoms with Crippen LogP contribution in [0.3, 0.4) is 0 Å². The lowest BCUT2D eigenvalue weighted by Crippen LogP contribution is -2.15. The Morgan fingerprint density at radius 3 is 2.35 bits per heavy atom. The van der Waals surface area contributed by atoms with Crippen LogP contribution < -0.4 is 4.74 Å². The summed E-state index contributed by atoms with van der Waals surface area (Å²) in [4.78, 5) is 0. The van der Waals surface area contributed by atoms with E-state index in [0.717, 1.165) is 16.7 Å². The average Bonchev–Trinajstić information content (AvgIpc) is 2.37. The Hall–Kier alpha value is -1.51. The smallest absolute Gasteiger partial charge is 0.141 e. The third-order valence-electron chi connectivity index (χ3n) is 3.16. The van der Waals surface area contributed by atoms with Gasteiger partial charge in [0.15, 0.2) is 0 Å². The minimum absolute atomic E-state index is 0.475. The van der Waals surface area contributed by atoms with Crippen LogP contribution in [0.5, 0.6) is 5.75 Å². The van der Waals surface area contributed by atoms with E-state index in [-0.39, 0.29) is 0 Å². The van der Waals surface area contributed by atoms with Gasteiger partial charge in [-0.25, -0.2) is 0 Å². The van der Waals surface area contributed by atoms with Crippen LogP contribution in [-0.4, -0.2) is 5.11 Å². The number of aliphatic hydroxyl groups is 1. The number of aryl methyl sites for hydroxylation is 1. The van der Waals surface area contributed by atoms with Crippen LogP contribution in [0.15, 0.2) is 42.5 Å². The second kappa shape index (κ2) is 5.86. The Morgan fingerprint density at radius 2 is 1.80 bits per heavy atom. The Labute approximate surface area is 125 Å². The Bertz CT molecular complexity index is 563. The van der Waals surface area contributed by atoms with E-state index in [2.05, 4.69) is 0 Å². The summed E-state index contributed by atoms with van der Waals surface area (Å²) >= 11 is 6.27. The Morgan fingerprint density at radius 1 is 1.15 bits per heavy atom. The minimum Gasteiger partial charge on any atom is -0.487 e. The van der Waals surface area contributed by atoms with Crippen LogP contribution in [0, 0.1) is 6.92 Å². The van der Waals surface area contributed by atoms with Crippen LogP contribution in [0.25, 0.3) is 0 Å². The van der Waals surface area contributed by atoms with Crippen molar-refractivity contribution >= 4 is 11.6 Å². The number of hydrogen-bond donors (Lipinski definition) is 1. The molecule has 0 aliphatic heterocycles. The first-order valence-corrected chi connectivity index (χ1v) is 6.95. The second-order valence-corrected chi connectivity index (χ2v) is 5.84. The lowest BCUT2D eigenvalue weighted by Gasteiger charge is -2.20. The maximum atomic E-state index is 10.0. The molecule has 20 heavy (non-hydrogen) atoms. The van der Waals surface area contributed by atoms with Gasteiger partial charge in [0.2, 0.25) is 0 Å². The van der Waals surface area contributed by atoms with E-state index in [1.54, 1.807) is 19.9 Å². The molecule has 106 valence electrons. The van der Waals surface area contributed by atoms with Gasteiger partial charge < -0.3 is 9.84 Å². The molecule has 0 aromatic heterocycles. The molecule has 1 N–H and O–H groups in total. The molecule has 0 saturated carbocycles. The van der Waals surface area contributed by atoms with Crippen molar-refractivity contribution in [2.45, 2.75) is 33.0 Å². The molecule has 0 bridgehead atoms. The van der Waals surface area contributed by atoms with Crippen LogP contribution in [0.2, 0.25) is 5.02 Å². The predicted molar refractivity (Wildman–Crippen MR) is 82.2 cm³/mol. The zero-order valence-electron chi connectivity index (χ0n) is 12.0. The fourth-order valence-electron chi connectivity index (χ4n) is 2.00. The summed E-state index contributed by atoms with van der Waals surface area (Å²) < 4.78 is 5.81. The first-order valence-electron chi connectivity index (χ1n) is 6.57. The molecule has 2 nitrogen and oxygen atoms in total. The standard InChI is InChI=1S/C17H19ClO2/c1-12-9-14(17(2,3)19)10-15(18)16(12)20-11-13-7-5-4-6-8-13/h4-10,19H,11H2,1-3H3. The van der Waals surface area contributed by atoms with Crippen molar-refractivity contribution in [3.05, 3.63) is 64.2 Å². The highest BCUT2D eigenvalue weighted by Gasteiger charge is 2.19. The average molecular weight is 291 g/mol. The molecule has 3 heteroatoms. The van der Waals surface area contributed by atoms with Crippen molar-refractivity contribution in [3.63, 3.8) is 0 Å². The zero-order valence-corrected chi connectivity index (χ0v) is 12.7. The topological polar surface area (TPSA) is 29.5 Å². The molecule has 0 aliphatic carbocycles. The fourth-order valence-corrected chi connectivity index (χ4v) is 2.32. The number of ether oxygens (including phenoxy) is 1. The SMILES string of the molecule is Cc1cc(C(C)(C)O)cc(Cl)c1OCc1ccccc1. The lowest BCUT2D eigenvalue weighted by molar-refractivity contribution is 0.0784. The quantitative estimate of drug-likeness (QED) is 0.901. The first kappa shape index (κ1) is 14.9. The van der Waals surface area contributed by atoms with Crippen LogP contribution in [0.4, 0.5) is 0 Å². The molecule has 0 amide bonds. The van der Waals surface area contributed by atoms with Gasteiger partial charge >= 0.3 is 0 Å². The summed E-state index contributed by atoms with van der Waals surface area (Å²) in [6.45, 7) is 5.88.